The van der Waals surface area contributed by atoms with E-state index in [9.17, 15) is 0 Å². The minimum atomic E-state index is 0.613. The van der Waals surface area contributed by atoms with Gasteiger partial charge in [0.15, 0.2) is 5.65 Å². The summed E-state index contributed by atoms with van der Waals surface area (Å²) in [6.45, 7) is 2.81. The third-order valence-electron chi connectivity index (χ3n) is 3.43. The van der Waals surface area contributed by atoms with Gasteiger partial charge in [0.2, 0.25) is 0 Å². The minimum Gasteiger partial charge on any atom is -0.467 e. The van der Waals surface area contributed by atoms with Gasteiger partial charge in [-0.15, -0.1) is 5.10 Å². The molecule has 0 spiro atoms. The Kier molecular flexibility index (Phi) is 4.53. The molecule has 0 amide bonds. The highest BCUT2D eigenvalue weighted by molar-refractivity contribution is 5.53. The first-order valence-electron chi connectivity index (χ1n) is 7.64. The molecule has 22 heavy (non-hydrogen) atoms. The van der Waals surface area contributed by atoms with Crippen LogP contribution in [0.25, 0.3) is 11.7 Å². The van der Waals surface area contributed by atoms with Crippen LogP contribution in [-0.2, 0) is 6.54 Å². The van der Waals surface area contributed by atoms with Crippen molar-refractivity contribution in [2.75, 3.05) is 5.32 Å². The fourth-order valence-electron chi connectivity index (χ4n) is 2.22. The molecule has 5 nitrogen and oxygen atoms in total. The van der Waals surface area contributed by atoms with E-state index < -0.39 is 0 Å². The number of allylic oxidation sites excluding steroid dienone is 1. The van der Waals surface area contributed by atoms with Gasteiger partial charge in [-0.1, -0.05) is 25.8 Å². The Bertz CT molecular complexity index is 743. The molecule has 0 aliphatic rings. The highest BCUT2D eigenvalue weighted by Crippen LogP contribution is 2.12. The van der Waals surface area contributed by atoms with Gasteiger partial charge in [0.25, 0.3) is 0 Å². The van der Waals surface area contributed by atoms with Crippen LogP contribution in [0, 0.1) is 0 Å². The van der Waals surface area contributed by atoms with Crippen molar-refractivity contribution in [3.8, 4) is 0 Å². The normalized spacial score (nSPS) is 11.5. The highest BCUT2D eigenvalue weighted by atomic mass is 16.3. The van der Waals surface area contributed by atoms with Crippen LogP contribution in [0.5, 0.6) is 0 Å². The van der Waals surface area contributed by atoms with Crippen LogP contribution in [-0.4, -0.2) is 14.6 Å². The number of fused-ring (bicyclic) bond motifs is 1. The summed E-state index contributed by atoms with van der Waals surface area (Å²) in [6.07, 6.45) is 11.3. The third-order valence-corrected chi connectivity index (χ3v) is 3.43. The predicted octanol–water partition coefficient (Wildman–Crippen LogP) is 4.14. The van der Waals surface area contributed by atoms with E-state index in [-0.39, 0.29) is 0 Å². The van der Waals surface area contributed by atoms with Gasteiger partial charge in [-0.2, -0.15) is 0 Å². The standard InChI is InChI=1S/C17H20N4O/c1-2-3-4-5-7-14-12-19-17-10-9-16(20-21(14)17)18-13-15-8-6-11-22-15/h5-12H,2-4,13H2,1H3,(H,18,20)/b7-5+. The molecule has 0 unspecified atom stereocenters. The Morgan fingerprint density at radius 1 is 1.32 bits per heavy atom. The average molecular weight is 296 g/mol. The van der Waals surface area contributed by atoms with E-state index in [0.29, 0.717) is 6.54 Å². The summed E-state index contributed by atoms with van der Waals surface area (Å²) in [5.41, 5.74) is 1.84. The number of rotatable bonds is 7. The van der Waals surface area contributed by atoms with E-state index in [1.807, 2.05) is 35.0 Å². The highest BCUT2D eigenvalue weighted by Gasteiger charge is 2.04. The fraction of sp³-hybridized carbons (Fsp3) is 0.294. The smallest absolute Gasteiger partial charge is 0.154 e. The van der Waals surface area contributed by atoms with Gasteiger partial charge in [-0.05, 0) is 36.8 Å². The molecular formula is C17H20N4O. The number of nitrogens with zero attached hydrogens (tertiary/aromatic N) is 3. The van der Waals surface area contributed by atoms with Gasteiger partial charge in [-0.3, -0.25) is 0 Å². The second kappa shape index (κ2) is 6.93. The molecule has 0 aromatic carbocycles. The first-order valence-corrected chi connectivity index (χ1v) is 7.64. The average Bonchev–Trinajstić information content (AvgIpc) is 3.19. The maximum Gasteiger partial charge on any atom is 0.154 e. The van der Waals surface area contributed by atoms with Gasteiger partial charge in [-0.25, -0.2) is 9.50 Å². The Balaban J connectivity index is 1.74. The molecule has 0 saturated carbocycles. The maximum atomic E-state index is 5.31. The summed E-state index contributed by atoms with van der Waals surface area (Å²) in [7, 11) is 0. The summed E-state index contributed by atoms with van der Waals surface area (Å²) < 4.78 is 7.16. The lowest BCUT2D eigenvalue weighted by molar-refractivity contribution is 0.517. The van der Waals surface area contributed by atoms with Crippen molar-refractivity contribution >= 4 is 17.5 Å². The van der Waals surface area contributed by atoms with E-state index in [1.54, 1.807) is 6.26 Å². The Morgan fingerprint density at radius 3 is 3.09 bits per heavy atom. The monoisotopic (exact) mass is 296 g/mol. The number of unbranched alkanes of at least 4 members (excludes halogenated alkanes) is 2. The van der Waals surface area contributed by atoms with E-state index in [1.165, 1.54) is 12.8 Å². The maximum absolute atomic E-state index is 5.31. The van der Waals surface area contributed by atoms with Crippen LogP contribution in [0.1, 0.15) is 37.6 Å². The van der Waals surface area contributed by atoms with Gasteiger partial charge in [0.05, 0.1) is 24.7 Å². The number of aromatic nitrogens is 3. The second-order valence-corrected chi connectivity index (χ2v) is 5.15. The van der Waals surface area contributed by atoms with Crippen LogP contribution in [0.2, 0.25) is 0 Å². The summed E-state index contributed by atoms with van der Waals surface area (Å²) in [6, 6.07) is 7.70. The fourth-order valence-corrected chi connectivity index (χ4v) is 2.22. The second-order valence-electron chi connectivity index (χ2n) is 5.15. The molecule has 0 atom stereocenters. The SMILES string of the molecule is CCCC/C=C/c1cnc2ccc(NCc3ccco3)nn12. The van der Waals surface area contributed by atoms with Crippen LogP contribution < -0.4 is 5.32 Å². The van der Waals surface area contributed by atoms with Crippen LogP contribution in [0.3, 0.4) is 0 Å². The molecule has 0 saturated heterocycles. The first kappa shape index (κ1) is 14.4. The zero-order valence-electron chi connectivity index (χ0n) is 12.7. The summed E-state index contributed by atoms with van der Waals surface area (Å²) in [4.78, 5) is 4.37. The molecule has 5 heteroatoms. The van der Waals surface area contributed by atoms with Crippen LogP contribution >= 0.6 is 0 Å². The van der Waals surface area contributed by atoms with E-state index in [4.69, 9.17) is 4.42 Å². The molecular weight excluding hydrogens is 276 g/mol. The van der Waals surface area contributed by atoms with Crippen LogP contribution in [0.4, 0.5) is 5.82 Å². The van der Waals surface area contributed by atoms with Crippen molar-refractivity contribution in [1.82, 2.24) is 14.6 Å². The lowest BCUT2D eigenvalue weighted by Gasteiger charge is -2.04. The van der Waals surface area contributed by atoms with Crippen molar-refractivity contribution in [2.45, 2.75) is 32.7 Å². The molecule has 114 valence electrons. The largest absolute Gasteiger partial charge is 0.467 e. The molecule has 0 fully saturated rings. The van der Waals surface area contributed by atoms with Gasteiger partial charge < -0.3 is 9.73 Å². The summed E-state index contributed by atoms with van der Waals surface area (Å²) in [5.74, 6) is 1.68. The predicted molar refractivity (Wildman–Crippen MR) is 87.6 cm³/mol. The zero-order valence-corrected chi connectivity index (χ0v) is 12.7. The van der Waals surface area contributed by atoms with E-state index >= 15 is 0 Å². The molecule has 0 aliphatic heterocycles. The number of nitrogens with one attached hydrogen (secondary N) is 1. The Morgan fingerprint density at radius 2 is 2.27 bits per heavy atom. The zero-order chi connectivity index (χ0) is 15.2. The van der Waals surface area contributed by atoms with E-state index in [2.05, 4.69) is 34.5 Å². The lowest BCUT2D eigenvalue weighted by atomic mass is 10.2. The number of hydrogen-bond acceptors (Lipinski definition) is 4. The molecule has 0 aliphatic carbocycles. The molecule has 0 bridgehead atoms. The number of hydrogen-bond donors (Lipinski definition) is 1. The number of imidazole rings is 1. The van der Waals surface area contributed by atoms with Gasteiger partial charge in [0, 0.05) is 0 Å². The minimum absolute atomic E-state index is 0.613. The van der Waals surface area contributed by atoms with E-state index in [0.717, 1.165) is 29.3 Å². The third kappa shape index (κ3) is 3.36. The first-order chi connectivity index (χ1) is 10.9. The number of anilines is 1. The Hall–Kier alpha value is -2.56. The molecule has 0 radical (unpaired) electrons. The summed E-state index contributed by atoms with van der Waals surface area (Å²) >= 11 is 0. The van der Waals surface area contributed by atoms with Crippen molar-refractivity contribution in [3.63, 3.8) is 0 Å². The quantitative estimate of drug-likeness (QED) is 0.666. The number of furan rings is 1. The Labute approximate surface area is 129 Å². The van der Waals surface area contributed by atoms with Gasteiger partial charge in [0.1, 0.15) is 11.6 Å². The van der Waals surface area contributed by atoms with Gasteiger partial charge >= 0.3 is 0 Å². The topological polar surface area (TPSA) is 55.4 Å². The molecule has 3 heterocycles. The lowest BCUT2D eigenvalue weighted by Crippen LogP contribution is -2.04. The summed E-state index contributed by atoms with van der Waals surface area (Å²) in [5, 5.41) is 7.84. The van der Waals surface area contributed by atoms with Crippen molar-refractivity contribution in [3.05, 3.63) is 54.3 Å². The van der Waals surface area contributed by atoms with Crippen LogP contribution in [0.15, 0.2) is 47.2 Å². The molecule has 3 rings (SSSR count). The molecule has 3 aromatic rings. The molecule has 3 aromatic heterocycles. The van der Waals surface area contributed by atoms with Crippen molar-refractivity contribution in [2.24, 2.45) is 0 Å². The van der Waals surface area contributed by atoms with Crippen molar-refractivity contribution in [1.29, 1.82) is 0 Å². The van der Waals surface area contributed by atoms with Crippen molar-refractivity contribution < 1.29 is 4.42 Å². The molecule has 1 N–H and O–H groups in total.